The number of rotatable bonds is 33. The maximum atomic E-state index is 15.8. The molecule has 4 aromatic rings. The van der Waals surface area contributed by atoms with Gasteiger partial charge in [-0.25, -0.2) is 35.1 Å². The largest absolute Gasteiger partial charge is 0.457 e. The first-order chi connectivity index (χ1) is 48.1. The molecule has 35 heteroatoms. The van der Waals surface area contributed by atoms with Gasteiger partial charge in [-0.05, 0) is 149 Å². The molecule has 2 amide bonds. The van der Waals surface area contributed by atoms with Gasteiger partial charge < -0.3 is 30.3 Å². The first-order valence-corrected chi connectivity index (χ1v) is 42.9. The third-order valence-corrected chi connectivity index (χ3v) is 24.5. The predicted molar refractivity (Wildman–Crippen MR) is 380 cm³/mol. The van der Waals surface area contributed by atoms with E-state index in [4.69, 9.17) is 14.6 Å². The highest BCUT2D eigenvalue weighted by Gasteiger charge is 2.46. The van der Waals surface area contributed by atoms with Gasteiger partial charge in [0.2, 0.25) is 27.5 Å². The van der Waals surface area contributed by atoms with Crippen LogP contribution in [0.5, 0.6) is 5.75 Å². The minimum absolute atomic E-state index is 0.0772. The van der Waals surface area contributed by atoms with Crippen molar-refractivity contribution in [3.05, 3.63) is 142 Å². The summed E-state index contributed by atoms with van der Waals surface area (Å²) in [6.07, 6.45) is 14.2. The third kappa shape index (κ3) is 21.4. The summed E-state index contributed by atoms with van der Waals surface area (Å²) < 4.78 is 248. The number of nitrogens with one attached hydrogen (secondary N) is 3. The first-order valence-electron chi connectivity index (χ1n) is 33.6. The highest BCUT2D eigenvalue weighted by Crippen LogP contribution is 2.49. The van der Waals surface area contributed by atoms with Crippen molar-refractivity contribution in [3.63, 3.8) is 0 Å². The number of carbonyl (C=O) groups is 2. The average Bonchev–Trinajstić information content (AvgIpc) is 1.70. The van der Waals surface area contributed by atoms with Crippen molar-refractivity contribution in [2.75, 3.05) is 66.9 Å². The maximum Gasteiger partial charge on any atom is 0.294 e. The van der Waals surface area contributed by atoms with Crippen molar-refractivity contribution < 1.29 is 106 Å². The van der Waals surface area contributed by atoms with Crippen LogP contribution >= 0.6 is 0 Å². The molecule has 0 radical (unpaired) electrons. The Morgan fingerprint density at radius 3 is 1.86 bits per heavy atom. The van der Waals surface area contributed by atoms with Crippen LogP contribution in [0.2, 0.25) is 0 Å². The molecular formula is C68H88F3N6O20S6+. The second kappa shape index (κ2) is 33.7. The van der Waals surface area contributed by atoms with E-state index >= 15 is 13.2 Å². The maximum absolute atomic E-state index is 15.8. The number of benzene rings is 4. The molecule has 2 aliphatic carbocycles. The lowest BCUT2D eigenvalue weighted by Crippen LogP contribution is -2.30. The molecule has 1 fully saturated rings. The van der Waals surface area contributed by atoms with E-state index in [9.17, 15) is 78.3 Å². The number of anilines is 2. The van der Waals surface area contributed by atoms with E-state index in [2.05, 4.69) is 16.0 Å². The molecule has 0 spiro atoms. The Kier molecular flexibility index (Phi) is 26.7. The number of fused-ring (bicyclic) bond motifs is 2. The van der Waals surface area contributed by atoms with Gasteiger partial charge in [0.15, 0.2) is 37.9 Å². The number of allylic oxidation sites excluding steroid dienone is 7. The molecule has 2 heterocycles. The molecular weight excluding hydrogens is 1470 g/mol. The lowest BCUT2D eigenvalue weighted by Gasteiger charge is -2.27. The smallest absolute Gasteiger partial charge is 0.294 e. The van der Waals surface area contributed by atoms with Gasteiger partial charge in [-0.15, -0.1) is 0 Å². The molecule has 26 nitrogen and oxygen atoms in total. The van der Waals surface area contributed by atoms with E-state index in [1.165, 1.54) is 24.3 Å². The number of ether oxygens (including phenoxy) is 2. The molecule has 9 N–H and O–H groups in total. The summed E-state index contributed by atoms with van der Waals surface area (Å²) in [4.78, 5) is 23.7. The molecule has 0 bridgehead atoms. The Morgan fingerprint density at radius 1 is 0.641 bits per heavy atom. The van der Waals surface area contributed by atoms with Gasteiger partial charge in [-0.2, -0.15) is 38.2 Å². The lowest BCUT2D eigenvalue weighted by molar-refractivity contribution is -0.438. The molecule has 4 aromatic carbocycles. The summed E-state index contributed by atoms with van der Waals surface area (Å²) >= 11 is 0. The van der Waals surface area contributed by atoms with Crippen molar-refractivity contribution in [3.8, 4) is 5.75 Å². The van der Waals surface area contributed by atoms with Crippen molar-refractivity contribution >= 4 is 94.9 Å². The van der Waals surface area contributed by atoms with Gasteiger partial charge in [0.1, 0.15) is 22.9 Å². The fraction of sp³-hybridized carbons (Fsp3) is 0.485. The third-order valence-electron chi connectivity index (χ3n) is 18.6. The SMILES string of the molecule is CC1(C)C(/C=C/C2=C(Oc3ccc(CCNC(=O)CCOCCNC(=O)CCS(=O)(=O)c4c(F)c(F)c(S(N)(=O)=O)c(F)c4NC4CCCCCCC4)cc3)C(=C/C=C3/N(CCCCS(=O)(=O)O)c4ccc(S(=O)(=O)O)cc4C3(C)C)/CCC2)=[N+](CCCCS(=O)(=O)O)c2ccc(S(=O)(=O)O)cc21. The molecule has 0 aromatic heterocycles. The van der Waals surface area contributed by atoms with Gasteiger partial charge in [0.25, 0.3) is 40.5 Å². The van der Waals surface area contributed by atoms with E-state index < -0.39 is 140 Å². The number of hydrogen-bond donors (Lipinski definition) is 8. The standard InChI is InChI=1S/C68H87F3N6O20S6/c1-67(2)52-43-50(102(90,91)92)25-27-54(52)76(36-10-12-40-99(82,83)84)56(67)29-21-46-15-14-16-47(22-30-57-68(3,4)53-44-51(103(93,94)95)26-28-55(53)77(57)37-11-13-41-100(85,86)87)64(46)97-49-23-19-45(20-24-49)31-34-73-58(78)32-38-96-39-35-74-59(79)33-42-98(80,81)66-61(70)60(69)65(101(72,88)89)62(71)63(66)75-48-17-8-6-5-7-9-18-48/h19-30,43-44,48,75H,5-18,31-42H2,1-4H3,(H7-,72,73,74,78,79,82,83,84,85,86,87,88,89,90,91,92,93,94,95)/p+1. The number of unbranched alkanes of at least 4 members (excludes halogenated alkanes) is 2. The summed E-state index contributed by atoms with van der Waals surface area (Å²) in [5.41, 5.74) is 3.11. The second-order valence-electron chi connectivity index (χ2n) is 26.9. The number of nitrogens with zero attached hydrogens (tertiary/aromatic N) is 2. The van der Waals surface area contributed by atoms with Gasteiger partial charge in [0.05, 0.1) is 51.4 Å². The molecule has 0 atom stereocenters. The minimum Gasteiger partial charge on any atom is -0.457 e. The highest BCUT2D eigenvalue weighted by molar-refractivity contribution is 7.91. The summed E-state index contributed by atoms with van der Waals surface area (Å²) in [5.74, 6) is -8.79. The zero-order valence-corrected chi connectivity index (χ0v) is 62.3. The van der Waals surface area contributed by atoms with Crippen LogP contribution < -0.4 is 30.7 Å². The lowest BCUT2D eigenvalue weighted by atomic mass is 9.81. The van der Waals surface area contributed by atoms with Crippen LogP contribution in [0.1, 0.15) is 147 Å². The number of hydrogen-bond acceptors (Lipinski definition) is 18. The number of sulfonamides is 1. The van der Waals surface area contributed by atoms with E-state index in [1.807, 2.05) is 73.6 Å². The number of amides is 2. The Morgan fingerprint density at radius 2 is 1.23 bits per heavy atom. The van der Waals surface area contributed by atoms with E-state index in [0.29, 0.717) is 110 Å². The molecule has 0 unspecified atom stereocenters. The Balaban J connectivity index is 0.951. The number of halogens is 3. The molecule has 8 rings (SSSR count). The molecule has 2 aliphatic heterocycles. The number of sulfone groups is 1. The van der Waals surface area contributed by atoms with Crippen LogP contribution in [0.25, 0.3) is 0 Å². The van der Waals surface area contributed by atoms with Crippen molar-refractivity contribution in [2.24, 2.45) is 5.14 Å². The topological polar surface area (TPSA) is 407 Å². The summed E-state index contributed by atoms with van der Waals surface area (Å²) in [7, 11) is -28.0. The fourth-order valence-corrected chi connectivity index (χ4v) is 17.6. The quantitative estimate of drug-likeness (QED) is 0.00953. The minimum atomic E-state index is -5.21. The molecule has 1 saturated carbocycles. The van der Waals surface area contributed by atoms with E-state index in [-0.39, 0.29) is 74.4 Å². The van der Waals surface area contributed by atoms with Crippen molar-refractivity contribution in [1.29, 1.82) is 0 Å². The molecule has 566 valence electrons. The van der Waals surface area contributed by atoms with Crippen LogP contribution in [0.15, 0.2) is 127 Å². The predicted octanol–water partition coefficient (Wildman–Crippen LogP) is 9.21. The Labute approximate surface area is 600 Å². The second-order valence-corrected chi connectivity index (χ2v) is 36.4. The van der Waals surface area contributed by atoms with E-state index in [0.717, 1.165) is 36.0 Å². The average molecular weight is 1560 g/mol. The number of nitrogens with two attached hydrogens (primary N) is 1. The summed E-state index contributed by atoms with van der Waals surface area (Å²) in [6, 6.07) is 15.0. The van der Waals surface area contributed by atoms with Gasteiger partial charge in [-0.1, -0.05) is 64.2 Å². The van der Waals surface area contributed by atoms with Gasteiger partial charge in [-0.3, -0.25) is 27.8 Å². The van der Waals surface area contributed by atoms with Crippen LogP contribution in [-0.4, -0.2) is 154 Å². The summed E-state index contributed by atoms with van der Waals surface area (Å²) in [5, 5.41) is 12.9. The Hall–Kier alpha value is -6.90. The number of carbonyl (C=O) groups excluding carboxylic acids is 2. The number of primary sulfonamides is 1. The van der Waals surface area contributed by atoms with Crippen molar-refractivity contribution in [1.82, 2.24) is 10.6 Å². The molecule has 103 heavy (non-hydrogen) atoms. The highest BCUT2D eigenvalue weighted by atomic mass is 32.2. The van der Waals surface area contributed by atoms with Crippen molar-refractivity contribution in [2.45, 2.75) is 173 Å². The zero-order valence-electron chi connectivity index (χ0n) is 57.4. The van der Waals surface area contributed by atoms with E-state index in [1.54, 1.807) is 24.3 Å². The zero-order chi connectivity index (χ0) is 75.7. The first kappa shape index (κ1) is 81.8. The summed E-state index contributed by atoms with van der Waals surface area (Å²) in [6.45, 7) is 7.89. The fourth-order valence-electron chi connectivity index (χ4n) is 13.2. The normalized spacial score (nSPS) is 17.8. The molecule has 0 saturated heterocycles. The van der Waals surface area contributed by atoms with Crippen LogP contribution in [0.3, 0.4) is 0 Å². The van der Waals surface area contributed by atoms with Crippen LogP contribution in [-0.2, 0) is 91.9 Å². The molecule has 4 aliphatic rings. The Bertz CT molecular complexity index is 4770. The van der Waals surface area contributed by atoms with Crippen LogP contribution in [0.4, 0.5) is 30.2 Å². The van der Waals surface area contributed by atoms with Crippen LogP contribution in [0, 0.1) is 17.5 Å². The van der Waals surface area contributed by atoms with Gasteiger partial charge >= 0.3 is 0 Å². The van der Waals surface area contributed by atoms with Gasteiger partial charge in [0, 0.05) is 79.4 Å². The monoisotopic (exact) mass is 1560 g/mol.